The van der Waals surface area contributed by atoms with Gasteiger partial charge in [-0.25, -0.2) is 4.98 Å². The van der Waals surface area contributed by atoms with Crippen molar-refractivity contribution < 1.29 is 19.7 Å². The maximum absolute atomic E-state index is 11.1. The van der Waals surface area contributed by atoms with Crippen molar-refractivity contribution in [1.82, 2.24) is 10.3 Å². The third-order valence-electron chi connectivity index (χ3n) is 3.83. The van der Waals surface area contributed by atoms with E-state index in [0.717, 1.165) is 5.69 Å². The fourth-order valence-corrected chi connectivity index (χ4v) is 2.69. The van der Waals surface area contributed by atoms with Crippen LogP contribution in [0.5, 0.6) is 5.88 Å². The minimum absolute atomic E-state index is 0.140. The summed E-state index contributed by atoms with van der Waals surface area (Å²) >= 11 is 0. The molecule has 0 radical (unpaired) electrons. The van der Waals surface area contributed by atoms with Crippen LogP contribution in [0.4, 0.5) is 0 Å². The van der Waals surface area contributed by atoms with Crippen LogP contribution in [0.15, 0.2) is 18.2 Å². The van der Waals surface area contributed by atoms with E-state index >= 15 is 0 Å². The molecule has 3 atom stereocenters. The lowest BCUT2D eigenvalue weighted by Gasteiger charge is -2.28. The van der Waals surface area contributed by atoms with Crippen molar-refractivity contribution in [3.8, 4) is 5.88 Å². The van der Waals surface area contributed by atoms with Crippen LogP contribution >= 0.6 is 0 Å². The van der Waals surface area contributed by atoms with Gasteiger partial charge in [-0.2, -0.15) is 0 Å². The van der Waals surface area contributed by atoms with E-state index in [4.69, 9.17) is 4.74 Å². The molecule has 116 valence electrons. The molecular formula is C15H22N2O4. The SMILES string of the molecule is CC(=O)NCC1(COc2cccc(C)n2)C[C@@H](O)[C@@H](O)C1. The first-order valence-corrected chi connectivity index (χ1v) is 7.07. The van der Waals surface area contributed by atoms with Gasteiger partial charge in [-0.1, -0.05) is 6.07 Å². The monoisotopic (exact) mass is 294 g/mol. The van der Waals surface area contributed by atoms with Crippen LogP contribution in [0.3, 0.4) is 0 Å². The van der Waals surface area contributed by atoms with Crippen LogP contribution in [-0.4, -0.2) is 46.5 Å². The molecule has 0 saturated heterocycles. The van der Waals surface area contributed by atoms with E-state index in [9.17, 15) is 15.0 Å². The Hall–Kier alpha value is -1.66. The molecule has 0 spiro atoms. The lowest BCUT2D eigenvalue weighted by Crippen LogP contribution is -2.39. The first-order chi connectivity index (χ1) is 9.90. The topological polar surface area (TPSA) is 91.7 Å². The molecule has 0 aromatic carbocycles. The summed E-state index contributed by atoms with van der Waals surface area (Å²) in [7, 11) is 0. The zero-order valence-electron chi connectivity index (χ0n) is 12.4. The van der Waals surface area contributed by atoms with Gasteiger partial charge in [-0.05, 0) is 25.8 Å². The highest BCUT2D eigenvalue weighted by atomic mass is 16.5. The van der Waals surface area contributed by atoms with E-state index in [1.54, 1.807) is 6.07 Å². The highest BCUT2D eigenvalue weighted by Crippen LogP contribution is 2.38. The summed E-state index contributed by atoms with van der Waals surface area (Å²) in [5.74, 6) is 0.368. The first kappa shape index (κ1) is 15.7. The molecule has 2 rings (SSSR count). The lowest BCUT2D eigenvalue weighted by molar-refractivity contribution is -0.119. The zero-order chi connectivity index (χ0) is 15.5. The van der Waals surface area contributed by atoms with Gasteiger partial charge in [-0.3, -0.25) is 4.79 Å². The molecule has 1 heterocycles. The van der Waals surface area contributed by atoms with Crippen LogP contribution in [0, 0.1) is 12.3 Å². The Morgan fingerprint density at radius 3 is 2.67 bits per heavy atom. The molecular weight excluding hydrogens is 272 g/mol. The fraction of sp³-hybridized carbons (Fsp3) is 0.600. The van der Waals surface area contributed by atoms with Crippen molar-refractivity contribution in [1.29, 1.82) is 0 Å². The van der Waals surface area contributed by atoms with Crippen molar-refractivity contribution in [3.05, 3.63) is 23.9 Å². The van der Waals surface area contributed by atoms with Crippen molar-refractivity contribution in [2.45, 2.75) is 38.9 Å². The smallest absolute Gasteiger partial charge is 0.216 e. The molecule has 6 heteroatoms. The number of carbonyl (C=O) groups excluding carboxylic acids is 1. The van der Waals surface area contributed by atoms with Gasteiger partial charge in [0.25, 0.3) is 0 Å². The summed E-state index contributed by atoms with van der Waals surface area (Å²) in [6, 6.07) is 5.50. The second kappa shape index (κ2) is 6.41. The standard InChI is InChI=1S/C15H22N2O4/c1-10-4-3-5-14(17-10)21-9-15(8-16-11(2)18)6-12(19)13(20)7-15/h3-5,12-13,19-20H,6-9H2,1-2H3,(H,16,18)/t12-,13+,15?. The third-order valence-corrected chi connectivity index (χ3v) is 3.83. The predicted molar refractivity (Wildman–Crippen MR) is 76.8 cm³/mol. The minimum Gasteiger partial charge on any atom is -0.477 e. The number of aliphatic hydroxyl groups excluding tert-OH is 2. The molecule has 21 heavy (non-hydrogen) atoms. The predicted octanol–water partition coefficient (Wildman–Crippen LogP) is 0.407. The molecule has 1 aliphatic rings. The van der Waals surface area contributed by atoms with Crippen LogP contribution < -0.4 is 10.1 Å². The summed E-state index contributed by atoms with van der Waals surface area (Å²) in [5.41, 5.74) is 0.380. The van der Waals surface area contributed by atoms with Gasteiger partial charge >= 0.3 is 0 Å². The quantitative estimate of drug-likeness (QED) is 0.731. The van der Waals surface area contributed by atoms with Crippen LogP contribution in [0.2, 0.25) is 0 Å². The summed E-state index contributed by atoms with van der Waals surface area (Å²) in [6.45, 7) is 3.97. The first-order valence-electron chi connectivity index (χ1n) is 7.07. The number of pyridine rings is 1. The van der Waals surface area contributed by atoms with Gasteiger partial charge in [0.1, 0.15) is 0 Å². The lowest BCUT2D eigenvalue weighted by atomic mass is 9.86. The molecule has 1 saturated carbocycles. The molecule has 0 aliphatic heterocycles. The number of nitrogens with zero attached hydrogens (tertiary/aromatic N) is 1. The van der Waals surface area contributed by atoms with Crippen LogP contribution in [0.1, 0.15) is 25.5 Å². The van der Waals surface area contributed by atoms with Crippen molar-refractivity contribution >= 4 is 5.91 Å². The number of aromatic nitrogens is 1. The fourth-order valence-electron chi connectivity index (χ4n) is 2.69. The Morgan fingerprint density at radius 2 is 2.10 bits per heavy atom. The molecule has 1 aliphatic carbocycles. The number of nitrogens with one attached hydrogen (secondary N) is 1. The van der Waals surface area contributed by atoms with Gasteiger partial charge in [-0.15, -0.1) is 0 Å². The molecule has 3 N–H and O–H groups in total. The molecule has 1 aromatic rings. The van der Waals surface area contributed by atoms with Gasteiger partial charge in [0.05, 0.1) is 18.8 Å². The number of ether oxygens (including phenoxy) is 1. The molecule has 1 fully saturated rings. The third kappa shape index (κ3) is 4.15. The van der Waals surface area contributed by atoms with Gasteiger partial charge in [0, 0.05) is 30.6 Å². The molecule has 6 nitrogen and oxygen atoms in total. The summed E-state index contributed by atoms with van der Waals surface area (Å²) in [6.07, 6.45) is -0.791. The number of amides is 1. The van der Waals surface area contributed by atoms with E-state index in [1.165, 1.54) is 6.92 Å². The number of aryl methyl sites for hydroxylation is 1. The van der Waals surface area contributed by atoms with E-state index in [0.29, 0.717) is 25.3 Å². The van der Waals surface area contributed by atoms with E-state index in [-0.39, 0.29) is 12.5 Å². The van der Waals surface area contributed by atoms with E-state index < -0.39 is 17.6 Å². The number of aliphatic hydroxyl groups is 2. The Bertz CT molecular complexity index is 496. The maximum Gasteiger partial charge on any atom is 0.216 e. The van der Waals surface area contributed by atoms with Crippen LogP contribution in [0.25, 0.3) is 0 Å². The van der Waals surface area contributed by atoms with E-state index in [1.807, 2.05) is 19.1 Å². The second-order valence-electron chi connectivity index (χ2n) is 5.86. The van der Waals surface area contributed by atoms with Gasteiger partial charge < -0.3 is 20.3 Å². The second-order valence-corrected chi connectivity index (χ2v) is 5.86. The summed E-state index contributed by atoms with van der Waals surface area (Å²) < 4.78 is 5.72. The Labute approximate surface area is 124 Å². The molecule has 1 unspecified atom stereocenters. The Balaban J connectivity index is 2.04. The molecule has 0 bridgehead atoms. The molecule has 1 amide bonds. The summed E-state index contributed by atoms with van der Waals surface area (Å²) in [4.78, 5) is 15.4. The van der Waals surface area contributed by atoms with Gasteiger partial charge in [0.2, 0.25) is 11.8 Å². The maximum atomic E-state index is 11.1. The largest absolute Gasteiger partial charge is 0.477 e. The highest BCUT2D eigenvalue weighted by molar-refractivity contribution is 5.72. The number of carbonyl (C=O) groups is 1. The van der Waals surface area contributed by atoms with Crippen molar-refractivity contribution in [2.24, 2.45) is 5.41 Å². The number of hydrogen-bond acceptors (Lipinski definition) is 5. The number of hydrogen-bond donors (Lipinski definition) is 3. The Kier molecular flexibility index (Phi) is 4.80. The highest BCUT2D eigenvalue weighted by Gasteiger charge is 2.45. The van der Waals surface area contributed by atoms with Crippen molar-refractivity contribution in [2.75, 3.05) is 13.2 Å². The minimum atomic E-state index is -0.784. The van der Waals surface area contributed by atoms with Crippen molar-refractivity contribution in [3.63, 3.8) is 0 Å². The van der Waals surface area contributed by atoms with Gasteiger partial charge in [0.15, 0.2) is 0 Å². The Morgan fingerprint density at radius 1 is 1.43 bits per heavy atom. The summed E-state index contributed by atoms with van der Waals surface area (Å²) in [5, 5.41) is 22.4. The van der Waals surface area contributed by atoms with E-state index in [2.05, 4.69) is 10.3 Å². The average molecular weight is 294 g/mol. The van der Waals surface area contributed by atoms with Crippen LogP contribution in [-0.2, 0) is 4.79 Å². The molecule has 1 aromatic heterocycles. The zero-order valence-corrected chi connectivity index (χ0v) is 12.4. The number of rotatable bonds is 5. The average Bonchev–Trinajstić information content (AvgIpc) is 2.71. The normalized spacial score (nSPS) is 28.4.